The van der Waals surface area contributed by atoms with Gasteiger partial charge < -0.3 is 10.2 Å². The molecule has 128 valence electrons. The van der Waals surface area contributed by atoms with Crippen molar-refractivity contribution in [3.63, 3.8) is 0 Å². The Bertz CT molecular complexity index is 715. The van der Waals surface area contributed by atoms with Gasteiger partial charge in [0.1, 0.15) is 17.5 Å². The van der Waals surface area contributed by atoms with Crippen LogP contribution in [0.15, 0.2) is 24.5 Å². The molecule has 0 bridgehead atoms. The lowest BCUT2D eigenvalue weighted by atomic mass is 10.0. The van der Waals surface area contributed by atoms with Gasteiger partial charge in [-0.3, -0.25) is 4.98 Å². The van der Waals surface area contributed by atoms with Crippen molar-refractivity contribution in [2.45, 2.75) is 39.0 Å². The Morgan fingerprint density at radius 3 is 2.54 bits per heavy atom. The van der Waals surface area contributed by atoms with Crippen LogP contribution < -0.4 is 10.2 Å². The largest absolute Gasteiger partial charge is 0.350 e. The maximum Gasteiger partial charge on any atom is 0.266 e. The summed E-state index contributed by atoms with van der Waals surface area (Å²) in [6.07, 6.45) is 3.16. The van der Waals surface area contributed by atoms with Crippen LogP contribution in [-0.2, 0) is 0 Å². The Balaban J connectivity index is 1.89. The van der Waals surface area contributed by atoms with E-state index in [-0.39, 0.29) is 18.9 Å². The zero-order valence-electron chi connectivity index (χ0n) is 14.1. The number of hydrogen-bond acceptors (Lipinski definition) is 5. The van der Waals surface area contributed by atoms with Crippen LogP contribution in [0.3, 0.4) is 0 Å². The van der Waals surface area contributed by atoms with Crippen LogP contribution in [0.25, 0.3) is 0 Å². The molecule has 7 heteroatoms. The number of rotatable bonds is 4. The zero-order chi connectivity index (χ0) is 17.3. The van der Waals surface area contributed by atoms with Gasteiger partial charge in [0.2, 0.25) is 0 Å². The third-order valence-corrected chi connectivity index (χ3v) is 4.03. The van der Waals surface area contributed by atoms with Crippen molar-refractivity contribution >= 4 is 17.5 Å². The molecule has 0 saturated carbocycles. The molecule has 1 aliphatic heterocycles. The van der Waals surface area contributed by atoms with E-state index in [4.69, 9.17) is 0 Å². The predicted molar refractivity (Wildman–Crippen MR) is 90.2 cm³/mol. The summed E-state index contributed by atoms with van der Waals surface area (Å²) in [5.41, 5.74) is 1.86. The minimum Gasteiger partial charge on any atom is -0.350 e. The fourth-order valence-electron chi connectivity index (χ4n) is 2.62. The number of halogens is 2. The van der Waals surface area contributed by atoms with Gasteiger partial charge in [0.05, 0.1) is 24.6 Å². The van der Waals surface area contributed by atoms with Crippen molar-refractivity contribution in [2.24, 2.45) is 0 Å². The molecule has 2 aromatic heterocycles. The van der Waals surface area contributed by atoms with Crippen molar-refractivity contribution in [3.05, 3.63) is 35.8 Å². The van der Waals surface area contributed by atoms with Gasteiger partial charge in [-0.1, -0.05) is 13.8 Å². The summed E-state index contributed by atoms with van der Waals surface area (Å²) in [5.74, 6) is -0.650. The van der Waals surface area contributed by atoms with Gasteiger partial charge in [0, 0.05) is 13.0 Å². The first kappa shape index (κ1) is 16.5. The number of pyridine rings is 1. The smallest absolute Gasteiger partial charge is 0.266 e. The number of nitrogens with one attached hydrogen (secondary N) is 1. The lowest BCUT2D eigenvalue weighted by molar-refractivity contribution is 0.0256. The lowest BCUT2D eigenvalue weighted by Gasteiger charge is -2.20. The highest BCUT2D eigenvalue weighted by atomic mass is 19.3. The van der Waals surface area contributed by atoms with Gasteiger partial charge >= 0.3 is 0 Å². The minimum atomic E-state index is -2.65. The van der Waals surface area contributed by atoms with Crippen molar-refractivity contribution in [3.8, 4) is 0 Å². The molecule has 3 rings (SSSR count). The average molecular weight is 333 g/mol. The summed E-state index contributed by atoms with van der Waals surface area (Å²) in [5, 5.41) is 3.11. The molecule has 24 heavy (non-hydrogen) atoms. The monoisotopic (exact) mass is 333 g/mol. The van der Waals surface area contributed by atoms with E-state index in [1.54, 1.807) is 17.3 Å². The third-order valence-electron chi connectivity index (χ3n) is 4.03. The Hall–Kier alpha value is -2.31. The number of aromatic nitrogens is 3. The van der Waals surface area contributed by atoms with Crippen LogP contribution in [0.5, 0.6) is 0 Å². The summed E-state index contributed by atoms with van der Waals surface area (Å²) in [6.45, 7) is 6.01. The fraction of sp³-hybridized carbons (Fsp3) is 0.471. The first-order chi connectivity index (χ1) is 11.3. The Morgan fingerprint density at radius 1 is 1.17 bits per heavy atom. The van der Waals surface area contributed by atoms with E-state index in [1.165, 1.54) is 0 Å². The first-order valence-electron chi connectivity index (χ1n) is 8.03. The van der Waals surface area contributed by atoms with Gasteiger partial charge in [-0.15, -0.1) is 0 Å². The molecule has 0 radical (unpaired) electrons. The molecule has 0 aliphatic carbocycles. The topological polar surface area (TPSA) is 53.9 Å². The van der Waals surface area contributed by atoms with Crippen molar-refractivity contribution in [2.75, 3.05) is 23.3 Å². The molecule has 0 amide bonds. The highest BCUT2D eigenvalue weighted by Gasteiger charge is 2.38. The van der Waals surface area contributed by atoms with Gasteiger partial charge in [-0.05, 0) is 30.5 Å². The van der Waals surface area contributed by atoms with E-state index in [0.29, 0.717) is 24.0 Å². The first-order valence-corrected chi connectivity index (χ1v) is 8.03. The summed E-state index contributed by atoms with van der Waals surface area (Å²) in [4.78, 5) is 14.6. The number of alkyl halides is 2. The molecule has 0 unspecified atom stereocenters. The van der Waals surface area contributed by atoms with Gasteiger partial charge in [0.25, 0.3) is 5.92 Å². The van der Waals surface area contributed by atoms with Gasteiger partial charge in [0.15, 0.2) is 0 Å². The van der Waals surface area contributed by atoms with Crippen molar-refractivity contribution in [1.82, 2.24) is 15.0 Å². The number of anilines is 3. The van der Waals surface area contributed by atoms with E-state index in [1.807, 2.05) is 19.1 Å². The maximum atomic E-state index is 13.5. The molecular formula is C17H21F2N5. The van der Waals surface area contributed by atoms with E-state index in [2.05, 4.69) is 34.1 Å². The van der Waals surface area contributed by atoms with Crippen LogP contribution in [0.4, 0.5) is 26.2 Å². The number of hydrogen-bond donors (Lipinski definition) is 1. The molecule has 1 saturated heterocycles. The summed E-state index contributed by atoms with van der Waals surface area (Å²) in [6, 6.07) is 3.81. The number of nitrogens with zero attached hydrogens (tertiary/aromatic N) is 4. The Labute approximate surface area is 140 Å². The molecule has 1 aliphatic rings. The minimum absolute atomic E-state index is 0.132. The predicted octanol–water partition coefficient (Wildman–Crippen LogP) is 3.89. The van der Waals surface area contributed by atoms with Gasteiger partial charge in [-0.25, -0.2) is 18.7 Å². The second-order valence-electron chi connectivity index (χ2n) is 6.49. The van der Waals surface area contributed by atoms with Crippen LogP contribution in [0.2, 0.25) is 0 Å². The molecule has 0 spiro atoms. The summed E-state index contributed by atoms with van der Waals surface area (Å²) >= 11 is 0. The zero-order valence-corrected chi connectivity index (χ0v) is 14.1. The third kappa shape index (κ3) is 3.77. The molecule has 1 fully saturated rings. The Morgan fingerprint density at radius 2 is 1.96 bits per heavy atom. The molecule has 5 nitrogen and oxygen atoms in total. The SMILES string of the molecule is Cc1cnc(Nc2cc(C(C)C)cc(N3CCC(F)(F)C3)n2)cn1. The highest BCUT2D eigenvalue weighted by Crippen LogP contribution is 2.32. The van der Waals surface area contributed by atoms with E-state index >= 15 is 0 Å². The van der Waals surface area contributed by atoms with E-state index in [0.717, 1.165) is 11.3 Å². The average Bonchev–Trinajstić information content (AvgIpc) is 2.89. The quantitative estimate of drug-likeness (QED) is 0.920. The molecule has 0 aromatic carbocycles. The summed E-state index contributed by atoms with van der Waals surface area (Å²) < 4.78 is 27.0. The van der Waals surface area contributed by atoms with Crippen LogP contribution >= 0.6 is 0 Å². The Kier molecular flexibility index (Phi) is 4.34. The van der Waals surface area contributed by atoms with Crippen LogP contribution in [-0.4, -0.2) is 34.0 Å². The van der Waals surface area contributed by atoms with E-state index < -0.39 is 5.92 Å². The normalized spacial score (nSPS) is 16.7. The molecule has 2 aromatic rings. The van der Waals surface area contributed by atoms with Crippen LogP contribution in [0, 0.1) is 6.92 Å². The maximum absolute atomic E-state index is 13.5. The van der Waals surface area contributed by atoms with Crippen molar-refractivity contribution in [1.29, 1.82) is 0 Å². The van der Waals surface area contributed by atoms with Crippen LogP contribution in [0.1, 0.15) is 37.4 Å². The summed E-state index contributed by atoms with van der Waals surface area (Å²) in [7, 11) is 0. The second-order valence-corrected chi connectivity index (χ2v) is 6.49. The highest BCUT2D eigenvalue weighted by molar-refractivity contribution is 5.57. The second kappa shape index (κ2) is 6.30. The molecule has 1 N–H and O–H groups in total. The van der Waals surface area contributed by atoms with Crippen molar-refractivity contribution < 1.29 is 8.78 Å². The molecular weight excluding hydrogens is 312 g/mol. The number of aryl methyl sites for hydroxylation is 1. The molecule has 0 atom stereocenters. The molecule has 3 heterocycles. The van der Waals surface area contributed by atoms with Gasteiger partial charge in [-0.2, -0.15) is 0 Å². The van der Waals surface area contributed by atoms with E-state index in [9.17, 15) is 8.78 Å². The lowest BCUT2D eigenvalue weighted by Crippen LogP contribution is -2.25. The fourth-order valence-corrected chi connectivity index (χ4v) is 2.62. The standard InChI is InChI=1S/C17H21F2N5/c1-11(2)13-6-14(22-15-9-20-12(3)8-21-15)23-16(7-13)24-5-4-17(18,19)10-24/h6-9,11H,4-5,10H2,1-3H3,(H,21,22,23).